The van der Waals surface area contributed by atoms with Crippen LogP contribution in [0.2, 0.25) is 0 Å². The standard InChI is InChI=1S/C6H6F3NO2/c7-6(8,9)5(11)4-3-10-1-2-12-4/h3,10H,1-2H2. The number of nitrogens with one attached hydrogen (secondary N) is 1. The second-order valence-corrected chi connectivity index (χ2v) is 2.14. The van der Waals surface area contributed by atoms with Crippen LogP contribution in [0, 0.1) is 0 Å². The lowest BCUT2D eigenvalue weighted by Gasteiger charge is -2.15. The molecule has 0 aromatic heterocycles. The Hall–Kier alpha value is -1.20. The third-order valence-electron chi connectivity index (χ3n) is 1.22. The fourth-order valence-electron chi connectivity index (χ4n) is 0.697. The van der Waals surface area contributed by atoms with E-state index in [9.17, 15) is 18.0 Å². The monoisotopic (exact) mass is 181 g/mol. The Balaban J connectivity index is 2.70. The van der Waals surface area contributed by atoms with E-state index in [2.05, 4.69) is 10.1 Å². The number of Topliss-reactive ketones (excluding diaryl/α,β-unsaturated/α-hetero) is 1. The predicted molar refractivity (Wildman–Crippen MR) is 33.1 cm³/mol. The molecule has 1 aliphatic rings. The Kier molecular flexibility index (Phi) is 2.25. The molecule has 0 saturated heterocycles. The Bertz CT molecular complexity index is 221. The highest BCUT2D eigenvalue weighted by Gasteiger charge is 2.42. The number of alkyl halides is 3. The van der Waals surface area contributed by atoms with Crippen molar-refractivity contribution in [3.05, 3.63) is 12.0 Å². The van der Waals surface area contributed by atoms with Crippen LogP contribution < -0.4 is 5.32 Å². The molecule has 1 rings (SSSR count). The summed E-state index contributed by atoms with van der Waals surface area (Å²) in [6, 6.07) is 0. The van der Waals surface area contributed by atoms with Gasteiger partial charge >= 0.3 is 12.0 Å². The van der Waals surface area contributed by atoms with Crippen molar-refractivity contribution < 1.29 is 22.7 Å². The Morgan fingerprint density at radius 2 is 2.25 bits per heavy atom. The summed E-state index contributed by atoms with van der Waals surface area (Å²) in [6.45, 7) is 0.488. The van der Waals surface area contributed by atoms with Crippen molar-refractivity contribution in [3.63, 3.8) is 0 Å². The Morgan fingerprint density at radius 1 is 1.58 bits per heavy atom. The number of halogens is 3. The molecule has 1 heterocycles. The molecule has 0 aliphatic carbocycles. The normalized spacial score (nSPS) is 17.4. The molecular formula is C6H6F3NO2. The summed E-state index contributed by atoms with van der Waals surface area (Å²) in [7, 11) is 0. The SMILES string of the molecule is O=C(C1=CNCCO1)C(F)(F)F. The Labute approximate surface area is 66.2 Å². The van der Waals surface area contributed by atoms with E-state index in [1.165, 1.54) is 0 Å². The molecule has 0 amide bonds. The number of carbonyl (C=O) groups is 1. The third kappa shape index (κ3) is 1.90. The molecule has 1 aliphatic heterocycles. The lowest BCUT2D eigenvalue weighted by atomic mass is 10.3. The van der Waals surface area contributed by atoms with Crippen molar-refractivity contribution in [2.24, 2.45) is 0 Å². The van der Waals surface area contributed by atoms with E-state index < -0.39 is 17.7 Å². The first-order chi connectivity index (χ1) is 5.52. The number of rotatable bonds is 1. The van der Waals surface area contributed by atoms with Gasteiger partial charge in [0.05, 0.1) is 0 Å². The summed E-state index contributed by atoms with van der Waals surface area (Å²) >= 11 is 0. The Morgan fingerprint density at radius 3 is 2.67 bits per heavy atom. The summed E-state index contributed by atoms with van der Waals surface area (Å²) in [5, 5.41) is 2.48. The van der Waals surface area contributed by atoms with E-state index in [1.54, 1.807) is 0 Å². The van der Waals surface area contributed by atoms with Gasteiger partial charge in [0, 0.05) is 12.7 Å². The average Bonchev–Trinajstić information content (AvgIpc) is 2.03. The lowest BCUT2D eigenvalue weighted by Crippen LogP contribution is -2.31. The number of carbonyl (C=O) groups excluding carboxylic acids is 1. The van der Waals surface area contributed by atoms with Gasteiger partial charge in [-0.15, -0.1) is 0 Å². The van der Waals surface area contributed by atoms with Crippen LogP contribution in [0.1, 0.15) is 0 Å². The first kappa shape index (κ1) is 8.89. The van der Waals surface area contributed by atoms with Crippen molar-refractivity contribution in [1.82, 2.24) is 5.32 Å². The summed E-state index contributed by atoms with van der Waals surface area (Å²) in [5.74, 6) is -2.62. The molecule has 12 heavy (non-hydrogen) atoms. The predicted octanol–water partition coefficient (Wildman–Crippen LogP) is 0.579. The smallest absolute Gasteiger partial charge is 0.458 e. The fraction of sp³-hybridized carbons (Fsp3) is 0.500. The van der Waals surface area contributed by atoms with Gasteiger partial charge < -0.3 is 10.1 Å². The quantitative estimate of drug-likeness (QED) is 0.643. The molecule has 1 N–H and O–H groups in total. The molecule has 6 heteroatoms. The molecule has 0 radical (unpaired) electrons. The van der Waals surface area contributed by atoms with Crippen LogP contribution in [0.3, 0.4) is 0 Å². The van der Waals surface area contributed by atoms with Gasteiger partial charge in [-0.25, -0.2) is 0 Å². The van der Waals surface area contributed by atoms with Crippen LogP contribution in [-0.4, -0.2) is 25.1 Å². The van der Waals surface area contributed by atoms with Crippen molar-refractivity contribution >= 4 is 5.78 Å². The van der Waals surface area contributed by atoms with Gasteiger partial charge in [-0.2, -0.15) is 13.2 Å². The van der Waals surface area contributed by atoms with E-state index in [-0.39, 0.29) is 6.61 Å². The topological polar surface area (TPSA) is 38.3 Å². The van der Waals surface area contributed by atoms with Crippen LogP contribution in [0.4, 0.5) is 13.2 Å². The molecule has 0 bridgehead atoms. The van der Waals surface area contributed by atoms with E-state index >= 15 is 0 Å². The zero-order valence-corrected chi connectivity index (χ0v) is 5.94. The van der Waals surface area contributed by atoms with E-state index in [4.69, 9.17) is 0 Å². The minimum absolute atomic E-state index is 0.0770. The van der Waals surface area contributed by atoms with Crippen molar-refractivity contribution in [3.8, 4) is 0 Å². The van der Waals surface area contributed by atoms with Crippen LogP contribution in [0.25, 0.3) is 0 Å². The van der Waals surface area contributed by atoms with E-state index in [1.807, 2.05) is 0 Å². The van der Waals surface area contributed by atoms with Gasteiger partial charge in [-0.3, -0.25) is 4.79 Å². The van der Waals surface area contributed by atoms with Crippen LogP contribution in [0.15, 0.2) is 12.0 Å². The first-order valence-electron chi connectivity index (χ1n) is 3.19. The number of hydrogen-bond donors (Lipinski definition) is 1. The van der Waals surface area contributed by atoms with Crippen LogP contribution in [0.5, 0.6) is 0 Å². The second kappa shape index (κ2) is 3.04. The van der Waals surface area contributed by atoms with Crippen molar-refractivity contribution in [2.45, 2.75) is 6.18 Å². The summed E-state index contributed by atoms with van der Waals surface area (Å²) in [4.78, 5) is 10.5. The largest absolute Gasteiger partial charge is 0.486 e. The fourth-order valence-corrected chi connectivity index (χ4v) is 0.697. The van der Waals surface area contributed by atoms with Gasteiger partial charge in [0.25, 0.3) is 0 Å². The van der Waals surface area contributed by atoms with E-state index in [0.717, 1.165) is 6.20 Å². The molecule has 0 aromatic carbocycles. The maximum absolute atomic E-state index is 11.7. The molecule has 3 nitrogen and oxygen atoms in total. The lowest BCUT2D eigenvalue weighted by molar-refractivity contribution is -0.170. The molecule has 0 aromatic rings. The highest BCUT2D eigenvalue weighted by Crippen LogP contribution is 2.21. The molecule has 0 fully saturated rings. The second-order valence-electron chi connectivity index (χ2n) is 2.14. The first-order valence-corrected chi connectivity index (χ1v) is 3.19. The highest BCUT2D eigenvalue weighted by atomic mass is 19.4. The van der Waals surface area contributed by atoms with Crippen LogP contribution >= 0.6 is 0 Å². The minimum Gasteiger partial charge on any atom is -0.486 e. The molecule has 0 atom stereocenters. The minimum atomic E-state index is -4.86. The number of ketones is 1. The molecule has 0 saturated carbocycles. The molecule has 68 valence electrons. The van der Waals surface area contributed by atoms with E-state index in [0.29, 0.717) is 6.54 Å². The number of allylic oxidation sites excluding steroid dienone is 1. The summed E-state index contributed by atoms with van der Waals surface area (Å²) in [5.41, 5.74) is 0. The van der Waals surface area contributed by atoms with Crippen molar-refractivity contribution in [2.75, 3.05) is 13.2 Å². The zero-order chi connectivity index (χ0) is 9.19. The van der Waals surface area contributed by atoms with Gasteiger partial charge in [0.1, 0.15) is 6.61 Å². The number of ether oxygens (including phenoxy) is 1. The van der Waals surface area contributed by atoms with Gasteiger partial charge in [-0.05, 0) is 0 Å². The third-order valence-corrected chi connectivity index (χ3v) is 1.22. The highest BCUT2D eigenvalue weighted by molar-refractivity contribution is 5.97. The van der Waals surface area contributed by atoms with Gasteiger partial charge in [0.2, 0.25) is 0 Å². The number of hydrogen-bond acceptors (Lipinski definition) is 3. The molecular weight excluding hydrogens is 175 g/mol. The maximum Gasteiger partial charge on any atom is 0.458 e. The average molecular weight is 181 g/mol. The molecule has 0 unspecified atom stereocenters. The van der Waals surface area contributed by atoms with Crippen molar-refractivity contribution in [1.29, 1.82) is 0 Å². The maximum atomic E-state index is 11.7. The van der Waals surface area contributed by atoms with Gasteiger partial charge in [0.15, 0.2) is 5.76 Å². The summed E-state index contributed by atoms with van der Waals surface area (Å²) in [6.07, 6.45) is -3.93. The van der Waals surface area contributed by atoms with Gasteiger partial charge in [-0.1, -0.05) is 0 Å². The zero-order valence-electron chi connectivity index (χ0n) is 5.94. The van der Waals surface area contributed by atoms with Crippen LogP contribution in [-0.2, 0) is 9.53 Å². The summed E-state index contributed by atoms with van der Waals surface area (Å²) < 4.78 is 39.7. The molecule has 0 spiro atoms.